The molecule has 4 rings (SSSR count). The maximum Gasteiger partial charge on any atom is 0.220 e. The summed E-state index contributed by atoms with van der Waals surface area (Å²) in [5.74, 6) is 3.04. The van der Waals surface area contributed by atoms with E-state index in [1.54, 1.807) is 17.0 Å². The predicted molar refractivity (Wildman–Crippen MR) is 110 cm³/mol. The molecule has 9 heteroatoms. The first kappa shape index (κ1) is 19.7. The van der Waals surface area contributed by atoms with Crippen molar-refractivity contribution in [3.05, 3.63) is 66.3 Å². The highest BCUT2D eigenvalue weighted by molar-refractivity contribution is 5.76. The van der Waals surface area contributed by atoms with Crippen LogP contribution < -0.4 is 10.6 Å². The average molecular weight is 408 g/mol. The first-order chi connectivity index (χ1) is 14.7. The molecule has 0 saturated heterocycles. The lowest BCUT2D eigenvalue weighted by Gasteiger charge is -2.12. The fraction of sp³-hybridized carbons (Fsp3) is 0.333. The Hall–Kier alpha value is -3.62. The number of aromatic nitrogens is 4. The van der Waals surface area contributed by atoms with Crippen LogP contribution in [0.25, 0.3) is 5.65 Å². The van der Waals surface area contributed by atoms with Crippen LogP contribution >= 0.6 is 0 Å². The molecule has 0 aliphatic carbocycles. The lowest BCUT2D eigenvalue weighted by molar-refractivity contribution is -0.121. The minimum atomic E-state index is -0.0224. The van der Waals surface area contributed by atoms with Crippen LogP contribution in [0.2, 0.25) is 0 Å². The standard InChI is InChI=1S/C21H24N6O3/c1-15(6-7-16-4-2-12-29-16)23-21(28)11-10-20-25-24-19-9-8-18(26-27(19)20)22-14-17-5-3-13-30-17/h2-5,8-9,12-13,15H,6-7,10-11,14H2,1H3,(H,22,26)(H,23,28). The van der Waals surface area contributed by atoms with Gasteiger partial charge in [-0.3, -0.25) is 4.79 Å². The van der Waals surface area contributed by atoms with Gasteiger partial charge in [0, 0.05) is 25.3 Å². The highest BCUT2D eigenvalue weighted by Gasteiger charge is 2.12. The average Bonchev–Trinajstić information content (AvgIpc) is 3.51. The molecule has 4 heterocycles. The summed E-state index contributed by atoms with van der Waals surface area (Å²) >= 11 is 0. The predicted octanol–water partition coefficient (Wildman–Crippen LogP) is 2.99. The molecule has 0 radical (unpaired) electrons. The van der Waals surface area contributed by atoms with Gasteiger partial charge in [0.1, 0.15) is 17.3 Å². The van der Waals surface area contributed by atoms with Gasteiger partial charge in [-0.2, -0.15) is 4.52 Å². The van der Waals surface area contributed by atoms with Crippen LogP contribution in [0.4, 0.5) is 5.82 Å². The SMILES string of the molecule is CC(CCc1ccco1)NC(=O)CCc1nnc2ccc(NCc3ccco3)nn12. The van der Waals surface area contributed by atoms with Gasteiger partial charge in [-0.05, 0) is 49.7 Å². The van der Waals surface area contributed by atoms with Crippen molar-refractivity contribution in [2.24, 2.45) is 0 Å². The van der Waals surface area contributed by atoms with E-state index in [2.05, 4.69) is 25.9 Å². The van der Waals surface area contributed by atoms with Crippen LogP contribution in [0, 0.1) is 0 Å². The highest BCUT2D eigenvalue weighted by Crippen LogP contribution is 2.11. The Morgan fingerprint density at radius 3 is 2.63 bits per heavy atom. The Kier molecular flexibility index (Phi) is 6.07. The van der Waals surface area contributed by atoms with Crippen molar-refractivity contribution in [2.75, 3.05) is 5.32 Å². The molecule has 1 amide bonds. The molecule has 0 aliphatic rings. The second-order valence-electron chi connectivity index (χ2n) is 7.12. The molecule has 30 heavy (non-hydrogen) atoms. The molecule has 0 bridgehead atoms. The molecular formula is C21H24N6O3. The number of anilines is 1. The van der Waals surface area contributed by atoms with E-state index >= 15 is 0 Å². The molecule has 0 aromatic carbocycles. The summed E-state index contributed by atoms with van der Waals surface area (Å²) in [5, 5.41) is 19.1. The number of fused-ring (bicyclic) bond motifs is 1. The Labute approximate surface area is 173 Å². The number of nitrogens with zero attached hydrogens (tertiary/aromatic N) is 4. The molecule has 2 N–H and O–H groups in total. The third-order valence-electron chi connectivity index (χ3n) is 4.74. The van der Waals surface area contributed by atoms with E-state index in [-0.39, 0.29) is 11.9 Å². The van der Waals surface area contributed by atoms with Crippen LogP contribution in [-0.2, 0) is 24.2 Å². The number of hydrogen-bond donors (Lipinski definition) is 2. The molecule has 0 fully saturated rings. The number of carbonyl (C=O) groups is 1. The van der Waals surface area contributed by atoms with Crippen molar-refractivity contribution in [1.82, 2.24) is 25.1 Å². The fourth-order valence-corrected chi connectivity index (χ4v) is 3.13. The van der Waals surface area contributed by atoms with Gasteiger partial charge in [0.15, 0.2) is 11.5 Å². The maximum absolute atomic E-state index is 12.3. The van der Waals surface area contributed by atoms with Crippen LogP contribution in [-0.4, -0.2) is 31.8 Å². The zero-order valence-electron chi connectivity index (χ0n) is 16.7. The Morgan fingerprint density at radius 2 is 1.87 bits per heavy atom. The topological polar surface area (TPSA) is 110 Å². The molecule has 0 spiro atoms. The molecule has 156 valence electrons. The minimum absolute atomic E-state index is 0.0224. The maximum atomic E-state index is 12.3. The number of carbonyl (C=O) groups excluding carboxylic acids is 1. The summed E-state index contributed by atoms with van der Waals surface area (Å²) in [5.41, 5.74) is 0.640. The summed E-state index contributed by atoms with van der Waals surface area (Å²) in [6.45, 7) is 2.52. The zero-order valence-corrected chi connectivity index (χ0v) is 16.7. The summed E-state index contributed by atoms with van der Waals surface area (Å²) in [6, 6.07) is 11.3. The van der Waals surface area contributed by atoms with E-state index in [4.69, 9.17) is 8.83 Å². The Morgan fingerprint density at radius 1 is 1.07 bits per heavy atom. The zero-order chi connectivity index (χ0) is 20.8. The molecule has 0 saturated carbocycles. The van der Waals surface area contributed by atoms with Gasteiger partial charge < -0.3 is 19.5 Å². The number of hydrogen-bond acceptors (Lipinski definition) is 7. The van der Waals surface area contributed by atoms with Crippen LogP contribution in [0.5, 0.6) is 0 Å². The number of aryl methyl sites for hydroxylation is 2. The Balaban J connectivity index is 1.29. The number of nitrogens with one attached hydrogen (secondary N) is 2. The molecule has 9 nitrogen and oxygen atoms in total. The monoisotopic (exact) mass is 408 g/mol. The minimum Gasteiger partial charge on any atom is -0.469 e. The van der Waals surface area contributed by atoms with Crippen molar-refractivity contribution < 1.29 is 13.6 Å². The number of rotatable bonds is 10. The smallest absolute Gasteiger partial charge is 0.220 e. The largest absolute Gasteiger partial charge is 0.469 e. The highest BCUT2D eigenvalue weighted by atomic mass is 16.3. The van der Waals surface area contributed by atoms with Crippen LogP contribution in [0.3, 0.4) is 0 Å². The van der Waals surface area contributed by atoms with E-state index in [9.17, 15) is 4.79 Å². The normalized spacial score (nSPS) is 12.2. The van der Waals surface area contributed by atoms with Gasteiger partial charge >= 0.3 is 0 Å². The van der Waals surface area contributed by atoms with Crippen LogP contribution in [0.1, 0.15) is 37.1 Å². The summed E-state index contributed by atoms with van der Waals surface area (Å²) in [7, 11) is 0. The van der Waals surface area contributed by atoms with E-state index in [0.29, 0.717) is 36.7 Å². The summed E-state index contributed by atoms with van der Waals surface area (Å²) < 4.78 is 12.3. The van der Waals surface area contributed by atoms with Gasteiger partial charge in [0.05, 0.1) is 19.1 Å². The second-order valence-corrected chi connectivity index (χ2v) is 7.12. The van der Waals surface area contributed by atoms with Crippen molar-refractivity contribution in [2.45, 2.75) is 45.2 Å². The van der Waals surface area contributed by atoms with Crippen molar-refractivity contribution >= 4 is 17.4 Å². The van der Waals surface area contributed by atoms with Crippen molar-refractivity contribution in [1.29, 1.82) is 0 Å². The number of amides is 1. The number of furan rings is 2. The lowest BCUT2D eigenvalue weighted by Crippen LogP contribution is -2.33. The Bertz CT molecular complexity index is 1070. The van der Waals surface area contributed by atoms with Crippen molar-refractivity contribution in [3.63, 3.8) is 0 Å². The molecule has 1 unspecified atom stereocenters. The molecule has 4 aromatic rings. The van der Waals surface area contributed by atoms with Crippen LogP contribution in [0.15, 0.2) is 57.8 Å². The van der Waals surface area contributed by atoms with Gasteiger partial charge in [-0.25, -0.2) is 0 Å². The summed E-state index contributed by atoms with van der Waals surface area (Å²) in [6.07, 6.45) is 5.67. The fourth-order valence-electron chi connectivity index (χ4n) is 3.13. The van der Waals surface area contributed by atoms with Gasteiger partial charge in [0.2, 0.25) is 5.91 Å². The first-order valence-electron chi connectivity index (χ1n) is 9.97. The van der Waals surface area contributed by atoms with E-state index in [1.807, 2.05) is 43.3 Å². The molecule has 1 atom stereocenters. The third kappa shape index (κ3) is 5.05. The molecule has 0 aliphatic heterocycles. The first-order valence-corrected chi connectivity index (χ1v) is 9.97. The van der Waals surface area contributed by atoms with Gasteiger partial charge in [-0.1, -0.05) is 0 Å². The van der Waals surface area contributed by atoms with E-state index < -0.39 is 0 Å². The summed E-state index contributed by atoms with van der Waals surface area (Å²) in [4.78, 5) is 12.3. The molecule has 4 aromatic heterocycles. The third-order valence-corrected chi connectivity index (χ3v) is 4.74. The second kappa shape index (κ2) is 9.25. The van der Waals surface area contributed by atoms with Gasteiger partial charge in [-0.15, -0.1) is 15.3 Å². The van der Waals surface area contributed by atoms with Crippen molar-refractivity contribution in [3.8, 4) is 0 Å². The van der Waals surface area contributed by atoms with E-state index in [0.717, 1.165) is 24.4 Å². The lowest BCUT2D eigenvalue weighted by atomic mass is 10.1. The molecular weight excluding hydrogens is 384 g/mol. The van der Waals surface area contributed by atoms with Gasteiger partial charge in [0.25, 0.3) is 0 Å². The van der Waals surface area contributed by atoms with E-state index in [1.165, 1.54) is 0 Å². The quantitative estimate of drug-likeness (QED) is 0.415.